The van der Waals surface area contributed by atoms with Gasteiger partial charge in [-0.1, -0.05) is 206 Å². The van der Waals surface area contributed by atoms with E-state index >= 15 is 0 Å². The summed E-state index contributed by atoms with van der Waals surface area (Å²) in [6.45, 7) is 5.66. The lowest BCUT2D eigenvalue weighted by Gasteiger charge is -2.40. The van der Waals surface area contributed by atoms with Gasteiger partial charge in [-0.2, -0.15) is 0 Å². The first-order chi connectivity index (χ1) is 38.6. The molecule has 79 heavy (non-hydrogen) atoms. The molecule has 0 spiro atoms. The average molecular weight is 1100 g/mol. The van der Waals surface area contributed by atoms with Crippen molar-refractivity contribution < 1.29 is 58.2 Å². The highest BCUT2D eigenvalue weighted by molar-refractivity contribution is 5.74. The van der Waals surface area contributed by atoms with Gasteiger partial charge in [-0.3, -0.25) is 14.4 Å². The normalized spacial score (nSPS) is 18.7. The highest BCUT2D eigenvalue weighted by Gasteiger charge is 2.50. The van der Waals surface area contributed by atoms with Gasteiger partial charge in [-0.25, -0.2) is 4.79 Å². The number of carboxylic acids is 1. The summed E-state index contributed by atoms with van der Waals surface area (Å²) in [5, 5.41) is 31.5. The molecule has 1 saturated heterocycles. The van der Waals surface area contributed by atoms with Crippen LogP contribution in [0, 0.1) is 0 Å². The monoisotopic (exact) mass is 1100 g/mol. The number of aliphatic hydroxyl groups is 2. The van der Waals surface area contributed by atoms with Crippen molar-refractivity contribution in [3.8, 4) is 0 Å². The van der Waals surface area contributed by atoms with Gasteiger partial charge in [0.25, 0.3) is 0 Å². The van der Waals surface area contributed by atoms with Crippen LogP contribution in [-0.2, 0) is 42.9 Å². The van der Waals surface area contributed by atoms with E-state index in [1.165, 1.54) is 6.42 Å². The van der Waals surface area contributed by atoms with E-state index in [0.717, 1.165) is 161 Å². The average Bonchev–Trinajstić information content (AvgIpc) is 3.46. The molecule has 6 atom stereocenters. The zero-order valence-electron chi connectivity index (χ0n) is 49.1. The number of rotatable bonds is 50. The van der Waals surface area contributed by atoms with Crippen molar-refractivity contribution in [2.45, 2.75) is 263 Å². The predicted octanol–water partition coefficient (Wildman–Crippen LogP) is 16.0. The molecule has 0 saturated carbocycles. The summed E-state index contributed by atoms with van der Waals surface area (Å²) in [5.41, 5.74) is 0. The minimum atomic E-state index is -1.93. The molecule has 0 aromatic carbocycles. The maximum atomic E-state index is 13.1. The molecule has 0 amide bonds. The molecule has 6 unspecified atom stereocenters. The van der Waals surface area contributed by atoms with Gasteiger partial charge in [0, 0.05) is 19.3 Å². The first-order valence-electron chi connectivity index (χ1n) is 30.5. The van der Waals surface area contributed by atoms with Crippen LogP contribution in [0.15, 0.2) is 122 Å². The van der Waals surface area contributed by atoms with Crippen molar-refractivity contribution in [2.24, 2.45) is 0 Å². The van der Waals surface area contributed by atoms with E-state index < -0.39 is 67.3 Å². The molecular formula is C67H106O12. The van der Waals surface area contributed by atoms with Gasteiger partial charge in [-0.15, -0.1) is 0 Å². The van der Waals surface area contributed by atoms with E-state index in [4.69, 9.17) is 23.7 Å². The lowest BCUT2D eigenvalue weighted by molar-refractivity contribution is -0.301. The molecule has 1 fully saturated rings. The van der Waals surface area contributed by atoms with E-state index in [2.05, 4.69) is 142 Å². The third kappa shape index (κ3) is 43.6. The van der Waals surface area contributed by atoms with Gasteiger partial charge in [0.1, 0.15) is 18.8 Å². The Balaban J connectivity index is 2.71. The molecule has 446 valence electrons. The Hall–Kier alpha value is -4.88. The second-order valence-electron chi connectivity index (χ2n) is 20.2. The number of aliphatic carboxylic acids is 1. The number of unbranched alkanes of at least 4 members (excludes halogenated alkanes) is 16. The fraction of sp³-hybridized carbons (Fsp3) is 0.642. The number of carboxylic acid groups (broad SMARTS) is 1. The largest absolute Gasteiger partial charge is 0.479 e. The number of aliphatic hydroxyl groups excluding tert-OH is 2. The number of ether oxygens (including phenoxy) is 5. The van der Waals surface area contributed by atoms with Crippen LogP contribution in [0.1, 0.15) is 226 Å². The van der Waals surface area contributed by atoms with E-state index in [1.54, 1.807) is 0 Å². The number of carbonyl (C=O) groups is 4. The van der Waals surface area contributed by atoms with Crippen molar-refractivity contribution in [2.75, 3.05) is 13.2 Å². The van der Waals surface area contributed by atoms with E-state index in [9.17, 15) is 34.5 Å². The Labute approximate surface area is 478 Å². The molecule has 1 aliphatic rings. The van der Waals surface area contributed by atoms with Crippen LogP contribution in [0.5, 0.6) is 0 Å². The van der Waals surface area contributed by atoms with Crippen LogP contribution in [-0.4, -0.2) is 89.2 Å². The molecule has 3 N–H and O–H groups in total. The highest BCUT2D eigenvalue weighted by Crippen LogP contribution is 2.26. The zero-order chi connectivity index (χ0) is 57.5. The van der Waals surface area contributed by atoms with Crippen LogP contribution in [0.25, 0.3) is 0 Å². The smallest absolute Gasteiger partial charge is 0.335 e. The Morgan fingerprint density at radius 1 is 0.430 bits per heavy atom. The van der Waals surface area contributed by atoms with Crippen molar-refractivity contribution in [3.05, 3.63) is 122 Å². The predicted molar refractivity (Wildman–Crippen MR) is 321 cm³/mol. The van der Waals surface area contributed by atoms with E-state index in [0.29, 0.717) is 19.3 Å². The lowest BCUT2D eigenvalue weighted by Crippen LogP contribution is -2.61. The Morgan fingerprint density at radius 2 is 0.797 bits per heavy atom. The van der Waals surface area contributed by atoms with Crippen molar-refractivity contribution in [1.82, 2.24) is 0 Å². The van der Waals surface area contributed by atoms with Gasteiger partial charge in [-0.05, 0) is 122 Å². The van der Waals surface area contributed by atoms with Gasteiger partial charge < -0.3 is 39.0 Å². The fourth-order valence-corrected chi connectivity index (χ4v) is 8.39. The molecule has 0 radical (unpaired) electrons. The summed E-state index contributed by atoms with van der Waals surface area (Å²) in [7, 11) is 0. The topological polar surface area (TPSA) is 175 Å². The van der Waals surface area contributed by atoms with Gasteiger partial charge in [0.2, 0.25) is 0 Å². The summed E-state index contributed by atoms with van der Waals surface area (Å²) >= 11 is 0. The van der Waals surface area contributed by atoms with Crippen molar-refractivity contribution >= 4 is 23.9 Å². The second-order valence-corrected chi connectivity index (χ2v) is 20.2. The van der Waals surface area contributed by atoms with Crippen LogP contribution in [0.2, 0.25) is 0 Å². The van der Waals surface area contributed by atoms with E-state index in [-0.39, 0.29) is 25.9 Å². The number of allylic oxidation sites excluding steroid dienone is 20. The van der Waals surface area contributed by atoms with Crippen LogP contribution >= 0.6 is 0 Å². The molecule has 1 aliphatic heterocycles. The molecule has 1 heterocycles. The molecular weight excluding hydrogens is 997 g/mol. The summed E-state index contributed by atoms with van der Waals surface area (Å²) in [6, 6.07) is 0. The van der Waals surface area contributed by atoms with E-state index in [1.807, 2.05) is 0 Å². The Kier molecular flexibility index (Phi) is 49.1. The quantitative estimate of drug-likeness (QED) is 0.0228. The standard InChI is InChI=1S/C67H106O12/c1-4-7-10-13-16-19-22-25-27-29-30-32-34-37-40-43-46-49-52-55-61(70)78-65-63(72)62(71)64(66(73)74)79-67(65)76-57-58(77-60(69)54-51-48-45-42-39-35-24-21-18-15-12-9-6-3)56-75-59(68)53-50-47-44-41-38-36-33-31-28-26-23-20-17-14-11-8-5-2/h7-8,10-12,15-17,19-21,24-28,30,32,37,40,58,62-65,67,71-72H,4-6,9,13-14,18,22-23,29,31,33-36,38-39,41-57H2,1-3H3,(H,73,74)/b10-7-,11-8-,15-12-,19-16-,20-17-,24-21-,27-25-,28-26-,32-30-,40-37-. The summed E-state index contributed by atoms with van der Waals surface area (Å²) in [5.74, 6) is -3.21. The van der Waals surface area contributed by atoms with Crippen LogP contribution in [0.3, 0.4) is 0 Å². The molecule has 0 aliphatic carbocycles. The number of hydrogen-bond donors (Lipinski definition) is 3. The summed E-state index contributed by atoms with van der Waals surface area (Å²) in [6.07, 6.45) is 61.6. The van der Waals surface area contributed by atoms with Crippen molar-refractivity contribution in [3.63, 3.8) is 0 Å². The lowest BCUT2D eigenvalue weighted by atomic mass is 9.98. The number of carbonyl (C=O) groups excluding carboxylic acids is 3. The fourth-order valence-electron chi connectivity index (χ4n) is 8.39. The molecule has 0 aromatic rings. The third-order valence-corrected chi connectivity index (χ3v) is 13.0. The van der Waals surface area contributed by atoms with Gasteiger partial charge >= 0.3 is 23.9 Å². The Bertz CT molecular complexity index is 1840. The van der Waals surface area contributed by atoms with Crippen molar-refractivity contribution in [1.29, 1.82) is 0 Å². The minimum absolute atomic E-state index is 0.0124. The Morgan fingerprint density at radius 3 is 1.23 bits per heavy atom. The third-order valence-electron chi connectivity index (χ3n) is 13.0. The first kappa shape index (κ1) is 72.1. The van der Waals surface area contributed by atoms with Gasteiger partial charge in [0.05, 0.1) is 6.61 Å². The molecule has 12 heteroatoms. The maximum absolute atomic E-state index is 13.1. The summed E-state index contributed by atoms with van der Waals surface area (Å²) in [4.78, 5) is 51.2. The van der Waals surface area contributed by atoms with Crippen LogP contribution < -0.4 is 0 Å². The first-order valence-corrected chi connectivity index (χ1v) is 30.5. The highest BCUT2D eigenvalue weighted by atomic mass is 16.7. The molecule has 12 nitrogen and oxygen atoms in total. The number of hydrogen-bond acceptors (Lipinski definition) is 11. The minimum Gasteiger partial charge on any atom is -0.479 e. The molecule has 0 aromatic heterocycles. The molecule has 0 bridgehead atoms. The molecule has 1 rings (SSSR count). The summed E-state index contributed by atoms with van der Waals surface area (Å²) < 4.78 is 28.4. The zero-order valence-corrected chi connectivity index (χ0v) is 49.1. The maximum Gasteiger partial charge on any atom is 0.335 e. The second kappa shape index (κ2) is 53.7. The van der Waals surface area contributed by atoms with Gasteiger partial charge in [0.15, 0.2) is 24.6 Å². The SMILES string of the molecule is CC/C=C\C/C=C\C/C=C\C/C=C\C/C=C\CCCCCC(=O)OC1C(OCC(COC(=O)CCCCCCCCC/C=C\C/C=C\C/C=C\CC)OC(=O)CCCCCCC/C=C\C/C=C\CCC)OC(C(=O)O)C(O)C1O. The number of esters is 3. The van der Waals surface area contributed by atoms with Crippen LogP contribution in [0.4, 0.5) is 0 Å².